The molecule has 0 atom stereocenters. The molecule has 0 aliphatic carbocycles. The Morgan fingerprint density at radius 1 is 1.00 bits per heavy atom. The number of hydrogen-bond acceptors (Lipinski definition) is 3. The second-order valence-corrected chi connectivity index (χ2v) is 4.86. The molecule has 1 aliphatic heterocycles. The molecule has 18 heavy (non-hydrogen) atoms. The molecule has 90 valence electrons. The van der Waals surface area contributed by atoms with E-state index in [9.17, 15) is 0 Å². The minimum Gasteiger partial charge on any atom is -0.423 e. The van der Waals surface area contributed by atoms with Crippen molar-refractivity contribution in [1.82, 2.24) is 4.98 Å². The highest BCUT2D eigenvalue weighted by Crippen LogP contribution is 2.28. The van der Waals surface area contributed by atoms with Crippen LogP contribution in [0.5, 0.6) is 0 Å². The maximum atomic E-state index is 5.87. The molecule has 1 saturated heterocycles. The van der Waals surface area contributed by atoms with Gasteiger partial charge in [-0.15, -0.1) is 0 Å². The van der Waals surface area contributed by atoms with Crippen LogP contribution in [0, 0.1) is 0 Å². The van der Waals surface area contributed by atoms with Crippen molar-refractivity contribution in [3.8, 4) is 0 Å². The zero-order chi connectivity index (χ0) is 11.9. The molecule has 0 N–H and O–H groups in total. The van der Waals surface area contributed by atoms with Crippen LogP contribution >= 0.6 is 0 Å². The molecule has 3 aromatic rings. The highest BCUT2D eigenvalue weighted by molar-refractivity contribution is 5.94. The van der Waals surface area contributed by atoms with E-state index in [1.165, 1.54) is 23.6 Å². The van der Waals surface area contributed by atoms with Crippen molar-refractivity contribution < 1.29 is 4.42 Å². The number of nitrogens with zero attached hydrogens (tertiary/aromatic N) is 2. The van der Waals surface area contributed by atoms with E-state index in [1.54, 1.807) is 0 Å². The van der Waals surface area contributed by atoms with Crippen molar-refractivity contribution in [3.05, 3.63) is 36.4 Å². The maximum Gasteiger partial charge on any atom is 0.298 e. The second kappa shape index (κ2) is 3.73. The topological polar surface area (TPSA) is 29.3 Å². The van der Waals surface area contributed by atoms with Gasteiger partial charge in [-0.05, 0) is 35.7 Å². The molecule has 2 heterocycles. The lowest BCUT2D eigenvalue weighted by Crippen LogP contribution is -2.17. The van der Waals surface area contributed by atoms with Crippen LogP contribution in [-0.4, -0.2) is 18.1 Å². The predicted molar refractivity (Wildman–Crippen MR) is 73.0 cm³/mol. The van der Waals surface area contributed by atoms with Crippen LogP contribution in [0.15, 0.2) is 40.8 Å². The summed E-state index contributed by atoms with van der Waals surface area (Å²) in [6.07, 6.45) is 2.47. The Kier molecular flexibility index (Phi) is 2.06. The van der Waals surface area contributed by atoms with Crippen molar-refractivity contribution >= 4 is 27.9 Å². The average Bonchev–Trinajstić information content (AvgIpc) is 3.04. The molecule has 1 aromatic heterocycles. The highest BCUT2D eigenvalue weighted by Gasteiger charge is 2.18. The number of rotatable bonds is 1. The summed E-state index contributed by atoms with van der Waals surface area (Å²) in [5.74, 6) is 0. The van der Waals surface area contributed by atoms with Gasteiger partial charge >= 0.3 is 0 Å². The van der Waals surface area contributed by atoms with E-state index < -0.39 is 0 Å². The first kappa shape index (κ1) is 9.95. The minimum absolute atomic E-state index is 0.776. The van der Waals surface area contributed by atoms with Crippen LogP contribution in [-0.2, 0) is 0 Å². The SMILES string of the molecule is c1ccc2cc3oc(N4CCCC4)nc3cc2c1. The summed E-state index contributed by atoms with van der Waals surface area (Å²) in [5.41, 5.74) is 1.84. The first-order chi connectivity index (χ1) is 8.90. The zero-order valence-electron chi connectivity index (χ0n) is 10.1. The summed E-state index contributed by atoms with van der Waals surface area (Å²) >= 11 is 0. The lowest BCUT2D eigenvalue weighted by atomic mass is 10.1. The number of anilines is 1. The van der Waals surface area contributed by atoms with Gasteiger partial charge in [0.15, 0.2) is 5.58 Å². The van der Waals surface area contributed by atoms with Gasteiger partial charge in [0.2, 0.25) is 0 Å². The monoisotopic (exact) mass is 238 g/mol. The van der Waals surface area contributed by atoms with E-state index in [0.717, 1.165) is 30.2 Å². The van der Waals surface area contributed by atoms with Crippen LogP contribution < -0.4 is 4.90 Å². The van der Waals surface area contributed by atoms with Gasteiger partial charge in [-0.25, -0.2) is 0 Å². The average molecular weight is 238 g/mol. The van der Waals surface area contributed by atoms with Crippen molar-refractivity contribution in [2.45, 2.75) is 12.8 Å². The summed E-state index contributed by atoms with van der Waals surface area (Å²) in [7, 11) is 0. The molecule has 0 saturated carbocycles. The Morgan fingerprint density at radius 3 is 2.50 bits per heavy atom. The Bertz CT molecular complexity index is 658. The Labute approximate surface area is 105 Å². The third kappa shape index (κ3) is 1.47. The molecule has 2 aromatic carbocycles. The smallest absolute Gasteiger partial charge is 0.298 e. The molecule has 3 heteroatoms. The predicted octanol–water partition coefficient (Wildman–Crippen LogP) is 3.58. The molecule has 3 nitrogen and oxygen atoms in total. The summed E-state index contributed by atoms with van der Waals surface area (Å²) in [6, 6.07) is 13.3. The third-order valence-corrected chi connectivity index (χ3v) is 3.62. The third-order valence-electron chi connectivity index (χ3n) is 3.62. The van der Waals surface area contributed by atoms with E-state index in [-0.39, 0.29) is 0 Å². The maximum absolute atomic E-state index is 5.87. The number of oxazole rings is 1. The summed E-state index contributed by atoms with van der Waals surface area (Å²) in [4.78, 5) is 6.83. The first-order valence-corrected chi connectivity index (χ1v) is 6.44. The molecule has 4 rings (SSSR count). The minimum atomic E-state index is 0.776. The Hall–Kier alpha value is -2.03. The van der Waals surface area contributed by atoms with Gasteiger partial charge in [-0.3, -0.25) is 0 Å². The largest absolute Gasteiger partial charge is 0.423 e. The number of aromatic nitrogens is 1. The summed E-state index contributed by atoms with van der Waals surface area (Å²) in [6.45, 7) is 2.12. The molecule has 0 unspecified atom stereocenters. The number of fused-ring (bicyclic) bond motifs is 2. The Balaban J connectivity index is 1.90. The van der Waals surface area contributed by atoms with Gasteiger partial charge in [-0.2, -0.15) is 4.98 Å². The molecule has 0 amide bonds. The second-order valence-electron chi connectivity index (χ2n) is 4.86. The lowest BCUT2D eigenvalue weighted by Gasteiger charge is -2.10. The fraction of sp³-hybridized carbons (Fsp3) is 0.267. The van der Waals surface area contributed by atoms with E-state index >= 15 is 0 Å². The lowest BCUT2D eigenvalue weighted by molar-refractivity contribution is 0.586. The molecule has 0 radical (unpaired) electrons. The van der Waals surface area contributed by atoms with Crippen molar-refractivity contribution in [2.75, 3.05) is 18.0 Å². The van der Waals surface area contributed by atoms with Crippen molar-refractivity contribution in [1.29, 1.82) is 0 Å². The van der Waals surface area contributed by atoms with E-state index in [2.05, 4.69) is 40.2 Å². The van der Waals surface area contributed by atoms with Gasteiger partial charge in [0.05, 0.1) is 0 Å². The van der Waals surface area contributed by atoms with E-state index in [4.69, 9.17) is 4.42 Å². The first-order valence-electron chi connectivity index (χ1n) is 6.44. The molecule has 1 aliphatic rings. The quantitative estimate of drug-likeness (QED) is 0.649. The molecule has 0 spiro atoms. The van der Waals surface area contributed by atoms with Crippen LogP contribution in [0.2, 0.25) is 0 Å². The fourth-order valence-corrected chi connectivity index (χ4v) is 2.64. The summed E-state index contributed by atoms with van der Waals surface area (Å²) < 4.78 is 5.87. The van der Waals surface area contributed by atoms with Crippen molar-refractivity contribution in [3.63, 3.8) is 0 Å². The van der Waals surface area contributed by atoms with Gasteiger partial charge < -0.3 is 9.32 Å². The van der Waals surface area contributed by atoms with Crippen LogP contribution in [0.1, 0.15) is 12.8 Å². The standard InChI is InChI=1S/C15H14N2O/c1-2-6-12-10-14-13(9-11(12)5-1)16-15(18-14)17-7-3-4-8-17/h1-2,5-6,9-10H,3-4,7-8H2. The summed E-state index contributed by atoms with van der Waals surface area (Å²) in [5, 5.41) is 2.42. The van der Waals surface area contributed by atoms with Crippen LogP contribution in [0.4, 0.5) is 6.01 Å². The van der Waals surface area contributed by atoms with Crippen molar-refractivity contribution in [2.24, 2.45) is 0 Å². The molecular formula is C15H14N2O. The zero-order valence-corrected chi connectivity index (χ0v) is 10.1. The van der Waals surface area contributed by atoms with Crippen LogP contribution in [0.25, 0.3) is 21.9 Å². The van der Waals surface area contributed by atoms with E-state index in [0.29, 0.717) is 0 Å². The van der Waals surface area contributed by atoms with E-state index in [1.807, 2.05) is 6.07 Å². The number of benzene rings is 2. The van der Waals surface area contributed by atoms with Crippen LogP contribution in [0.3, 0.4) is 0 Å². The van der Waals surface area contributed by atoms with Gasteiger partial charge in [0, 0.05) is 13.1 Å². The molecule has 1 fully saturated rings. The van der Waals surface area contributed by atoms with Gasteiger partial charge in [-0.1, -0.05) is 24.3 Å². The van der Waals surface area contributed by atoms with Gasteiger partial charge in [0.25, 0.3) is 6.01 Å². The molecule has 0 bridgehead atoms. The number of hydrogen-bond donors (Lipinski definition) is 0. The normalized spacial score (nSPS) is 15.9. The Morgan fingerprint density at radius 2 is 1.72 bits per heavy atom. The van der Waals surface area contributed by atoms with Gasteiger partial charge in [0.1, 0.15) is 5.52 Å². The molecular weight excluding hydrogens is 224 g/mol. The highest BCUT2D eigenvalue weighted by atomic mass is 16.4. The fourth-order valence-electron chi connectivity index (χ4n) is 2.64.